The molecule has 1 aliphatic rings. The molecule has 0 atom stereocenters. The molecular weight excluding hydrogens is 330 g/mol. The van der Waals surface area contributed by atoms with Gasteiger partial charge < -0.3 is 4.57 Å². The zero-order valence-corrected chi connectivity index (χ0v) is 13.5. The first-order valence-corrected chi connectivity index (χ1v) is 9.33. The number of aromatic nitrogens is 2. The Bertz CT molecular complexity index is 737. The van der Waals surface area contributed by atoms with Crippen LogP contribution in [0.5, 0.6) is 0 Å². The Morgan fingerprint density at radius 3 is 3.05 bits per heavy atom. The first-order valence-electron chi connectivity index (χ1n) is 6.49. The normalized spacial score (nSPS) is 14.3. The third-order valence-electron chi connectivity index (χ3n) is 3.13. The lowest BCUT2D eigenvalue weighted by molar-refractivity contribution is 0.581. The van der Waals surface area contributed by atoms with Crippen LogP contribution >= 0.6 is 23.4 Å². The molecule has 1 aromatic heterocycles. The predicted molar refractivity (Wildman–Crippen MR) is 83.3 cm³/mol. The molecule has 0 amide bonds. The van der Waals surface area contributed by atoms with E-state index in [1.54, 1.807) is 23.9 Å². The predicted octanol–water partition coefficient (Wildman–Crippen LogP) is 2.16. The van der Waals surface area contributed by atoms with Gasteiger partial charge in [0.1, 0.15) is 0 Å². The maximum Gasteiger partial charge on any atom is 0.240 e. The monoisotopic (exact) mass is 343 g/mol. The second-order valence-electron chi connectivity index (χ2n) is 4.66. The second-order valence-corrected chi connectivity index (χ2v) is 7.93. The molecule has 0 fully saturated rings. The fourth-order valence-electron chi connectivity index (χ4n) is 2.11. The maximum atomic E-state index is 12.1. The van der Waals surface area contributed by atoms with E-state index in [2.05, 4.69) is 14.3 Å². The summed E-state index contributed by atoms with van der Waals surface area (Å²) in [7, 11) is -3.52. The van der Waals surface area contributed by atoms with Crippen LogP contribution in [0.2, 0.25) is 5.02 Å². The zero-order chi connectivity index (χ0) is 14.9. The number of sulfonamides is 1. The van der Waals surface area contributed by atoms with Crippen molar-refractivity contribution in [2.24, 2.45) is 0 Å². The van der Waals surface area contributed by atoms with E-state index >= 15 is 0 Å². The van der Waals surface area contributed by atoms with Gasteiger partial charge in [-0.15, -0.1) is 0 Å². The van der Waals surface area contributed by atoms with Crippen molar-refractivity contribution in [1.29, 1.82) is 0 Å². The summed E-state index contributed by atoms with van der Waals surface area (Å²) < 4.78 is 28.9. The molecule has 2 aromatic rings. The van der Waals surface area contributed by atoms with Crippen LogP contribution in [0.4, 0.5) is 0 Å². The highest BCUT2D eigenvalue weighted by Gasteiger charge is 2.16. The van der Waals surface area contributed by atoms with E-state index in [0.717, 1.165) is 23.1 Å². The molecule has 0 unspecified atom stereocenters. The van der Waals surface area contributed by atoms with Crippen LogP contribution in [0.1, 0.15) is 5.69 Å². The van der Waals surface area contributed by atoms with Gasteiger partial charge in [0.05, 0.1) is 10.6 Å². The lowest BCUT2D eigenvalue weighted by Gasteiger charge is -2.06. The van der Waals surface area contributed by atoms with Gasteiger partial charge in [0.2, 0.25) is 10.0 Å². The van der Waals surface area contributed by atoms with Crippen molar-refractivity contribution in [3.8, 4) is 0 Å². The lowest BCUT2D eigenvalue weighted by Crippen LogP contribution is -2.26. The SMILES string of the molecule is O=S(=O)(NCCc1cn2c(n1)SCC2)c1cccc(Cl)c1. The number of halogens is 1. The van der Waals surface area contributed by atoms with Gasteiger partial charge in [-0.05, 0) is 18.2 Å². The summed E-state index contributed by atoms with van der Waals surface area (Å²) in [5.74, 6) is 1.06. The second kappa shape index (κ2) is 6.00. The van der Waals surface area contributed by atoms with Gasteiger partial charge in [-0.2, -0.15) is 0 Å². The number of hydrogen-bond donors (Lipinski definition) is 1. The Hall–Kier alpha value is -1.02. The largest absolute Gasteiger partial charge is 0.325 e. The van der Waals surface area contributed by atoms with Crippen LogP contribution < -0.4 is 4.72 Å². The van der Waals surface area contributed by atoms with E-state index in [-0.39, 0.29) is 4.90 Å². The molecular formula is C13H14ClN3O2S2. The minimum absolute atomic E-state index is 0.179. The van der Waals surface area contributed by atoms with E-state index in [1.807, 2.05) is 6.20 Å². The van der Waals surface area contributed by atoms with Gasteiger partial charge in [0, 0.05) is 36.5 Å². The number of nitrogens with one attached hydrogen (secondary N) is 1. The van der Waals surface area contributed by atoms with Crippen LogP contribution in [0.25, 0.3) is 0 Å². The molecule has 112 valence electrons. The number of hydrogen-bond acceptors (Lipinski definition) is 4. The first kappa shape index (κ1) is 14.9. The van der Waals surface area contributed by atoms with Crippen LogP contribution in [-0.2, 0) is 23.0 Å². The molecule has 1 aliphatic heterocycles. The van der Waals surface area contributed by atoms with Crippen LogP contribution in [-0.4, -0.2) is 30.3 Å². The highest BCUT2D eigenvalue weighted by molar-refractivity contribution is 7.99. The highest BCUT2D eigenvalue weighted by Crippen LogP contribution is 2.24. The van der Waals surface area contributed by atoms with E-state index in [9.17, 15) is 8.42 Å². The standard InChI is InChI=1S/C13H14ClN3O2S2/c14-10-2-1-3-12(8-10)21(18,19)15-5-4-11-9-17-6-7-20-13(17)16-11/h1-3,8-9,15H,4-7H2. The minimum atomic E-state index is -3.52. The van der Waals surface area contributed by atoms with Gasteiger partial charge in [-0.25, -0.2) is 18.1 Å². The molecule has 2 heterocycles. The van der Waals surface area contributed by atoms with Gasteiger partial charge in [-0.3, -0.25) is 0 Å². The van der Waals surface area contributed by atoms with E-state index < -0.39 is 10.0 Å². The number of nitrogens with zero attached hydrogens (tertiary/aromatic N) is 2. The van der Waals surface area contributed by atoms with Crippen molar-refractivity contribution in [2.75, 3.05) is 12.3 Å². The first-order chi connectivity index (χ1) is 10.0. The number of aryl methyl sites for hydroxylation is 1. The summed E-state index contributed by atoms with van der Waals surface area (Å²) in [5, 5.41) is 1.42. The average molecular weight is 344 g/mol. The Morgan fingerprint density at radius 2 is 2.29 bits per heavy atom. The summed E-state index contributed by atoms with van der Waals surface area (Å²) in [4.78, 5) is 4.65. The van der Waals surface area contributed by atoms with E-state index in [4.69, 9.17) is 11.6 Å². The summed E-state index contributed by atoms with van der Waals surface area (Å²) in [6, 6.07) is 6.22. The number of fused-ring (bicyclic) bond motifs is 1. The average Bonchev–Trinajstić information content (AvgIpc) is 2.99. The summed E-state index contributed by atoms with van der Waals surface area (Å²) >= 11 is 7.54. The third-order valence-corrected chi connectivity index (χ3v) is 5.80. The molecule has 0 bridgehead atoms. The molecule has 3 rings (SSSR count). The third kappa shape index (κ3) is 3.42. The Labute approximate surface area is 132 Å². The molecule has 0 spiro atoms. The Kier molecular flexibility index (Phi) is 4.26. The van der Waals surface area contributed by atoms with E-state index in [0.29, 0.717) is 18.0 Å². The highest BCUT2D eigenvalue weighted by atomic mass is 35.5. The van der Waals surface area contributed by atoms with Crippen molar-refractivity contribution in [3.05, 3.63) is 41.2 Å². The molecule has 0 saturated heterocycles. The molecule has 5 nitrogen and oxygen atoms in total. The molecule has 8 heteroatoms. The molecule has 1 N–H and O–H groups in total. The van der Waals surface area contributed by atoms with Crippen molar-refractivity contribution >= 4 is 33.4 Å². The number of rotatable bonds is 5. The van der Waals surface area contributed by atoms with Gasteiger partial charge in [-0.1, -0.05) is 29.4 Å². The molecule has 21 heavy (non-hydrogen) atoms. The van der Waals surface area contributed by atoms with E-state index in [1.165, 1.54) is 12.1 Å². The maximum absolute atomic E-state index is 12.1. The van der Waals surface area contributed by atoms with Crippen molar-refractivity contribution in [1.82, 2.24) is 14.3 Å². The quantitative estimate of drug-likeness (QED) is 0.903. The minimum Gasteiger partial charge on any atom is -0.325 e. The number of thioether (sulfide) groups is 1. The summed E-state index contributed by atoms with van der Waals surface area (Å²) in [6.07, 6.45) is 2.56. The topological polar surface area (TPSA) is 64.0 Å². The van der Waals surface area contributed by atoms with Gasteiger partial charge >= 0.3 is 0 Å². The molecule has 0 aliphatic carbocycles. The zero-order valence-electron chi connectivity index (χ0n) is 11.1. The molecule has 1 aromatic carbocycles. The summed E-state index contributed by atoms with van der Waals surface area (Å²) in [5.41, 5.74) is 0.908. The Morgan fingerprint density at radius 1 is 1.43 bits per heavy atom. The van der Waals surface area contributed by atoms with Crippen LogP contribution in [0.15, 0.2) is 40.5 Å². The van der Waals surface area contributed by atoms with Crippen molar-refractivity contribution in [3.63, 3.8) is 0 Å². The molecule has 0 saturated carbocycles. The Balaban J connectivity index is 1.61. The van der Waals surface area contributed by atoms with Crippen LogP contribution in [0.3, 0.4) is 0 Å². The molecule has 0 radical (unpaired) electrons. The summed E-state index contributed by atoms with van der Waals surface area (Å²) in [6.45, 7) is 1.29. The van der Waals surface area contributed by atoms with Gasteiger partial charge in [0.15, 0.2) is 5.16 Å². The van der Waals surface area contributed by atoms with Crippen molar-refractivity contribution < 1.29 is 8.42 Å². The fraction of sp³-hybridized carbons (Fsp3) is 0.308. The number of imidazole rings is 1. The lowest BCUT2D eigenvalue weighted by atomic mass is 10.3. The number of benzene rings is 1. The van der Waals surface area contributed by atoms with Gasteiger partial charge in [0.25, 0.3) is 0 Å². The fourth-order valence-corrected chi connectivity index (χ4v) is 4.41. The van der Waals surface area contributed by atoms with Crippen LogP contribution in [0, 0.1) is 0 Å². The van der Waals surface area contributed by atoms with Crippen molar-refractivity contribution in [2.45, 2.75) is 23.0 Å². The smallest absolute Gasteiger partial charge is 0.240 e.